The van der Waals surface area contributed by atoms with Crippen LogP contribution in [0.25, 0.3) is 0 Å². The Labute approximate surface area is 137 Å². The summed E-state index contributed by atoms with van der Waals surface area (Å²) in [5, 5.41) is 6.06. The average Bonchev–Trinajstić information content (AvgIpc) is 2.52. The van der Waals surface area contributed by atoms with E-state index in [0.29, 0.717) is 22.7 Å². The summed E-state index contributed by atoms with van der Waals surface area (Å²) in [6.07, 6.45) is 1.51. The third-order valence-corrected chi connectivity index (χ3v) is 3.36. The second kappa shape index (κ2) is 7.77. The van der Waals surface area contributed by atoms with Gasteiger partial charge in [-0.3, -0.25) is 9.59 Å². The summed E-state index contributed by atoms with van der Waals surface area (Å²) in [5.74, 6) is -0.566. The van der Waals surface area contributed by atoms with Gasteiger partial charge in [0.2, 0.25) is 0 Å². The van der Waals surface area contributed by atoms with Crippen LogP contribution in [0.3, 0.4) is 0 Å². The number of amides is 2. The molecule has 2 rings (SSSR count). The van der Waals surface area contributed by atoms with Gasteiger partial charge in [-0.1, -0.05) is 23.2 Å². The molecular formula is C15H13Cl2N3O2. The first kappa shape index (κ1) is 16.3. The Morgan fingerprint density at radius 1 is 0.955 bits per heavy atom. The molecule has 0 aliphatic carbocycles. The van der Waals surface area contributed by atoms with Gasteiger partial charge in [0, 0.05) is 29.9 Å². The van der Waals surface area contributed by atoms with E-state index in [1.807, 2.05) is 0 Å². The molecule has 7 heteroatoms. The number of benzene rings is 1. The van der Waals surface area contributed by atoms with E-state index in [1.54, 1.807) is 36.4 Å². The fourth-order valence-corrected chi connectivity index (χ4v) is 2.04. The standard InChI is InChI=1S/C15H13Cl2N3O2/c16-11-5-3-10(4-6-11)14(21)19-8-9-20-15(22)12-2-1-7-18-13(12)17/h1-7H,8-9H2,(H,19,21)(H,20,22). The van der Waals surface area contributed by atoms with E-state index in [2.05, 4.69) is 15.6 Å². The lowest BCUT2D eigenvalue weighted by Crippen LogP contribution is -2.34. The first-order chi connectivity index (χ1) is 10.6. The zero-order valence-corrected chi connectivity index (χ0v) is 13.0. The van der Waals surface area contributed by atoms with Gasteiger partial charge in [-0.15, -0.1) is 0 Å². The van der Waals surface area contributed by atoms with Crippen LogP contribution >= 0.6 is 23.2 Å². The summed E-state index contributed by atoms with van der Waals surface area (Å²) in [7, 11) is 0. The van der Waals surface area contributed by atoms with Gasteiger partial charge < -0.3 is 10.6 Å². The van der Waals surface area contributed by atoms with Crippen molar-refractivity contribution in [3.8, 4) is 0 Å². The van der Waals surface area contributed by atoms with Gasteiger partial charge in [-0.05, 0) is 36.4 Å². The molecule has 0 atom stereocenters. The summed E-state index contributed by atoms with van der Waals surface area (Å²) in [6.45, 7) is 0.578. The topological polar surface area (TPSA) is 71.1 Å². The first-order valence-electron chi connectivity index (χ1n) is 6.50. The van der Waals surface area contributed by atoms with E-state index in [9.17, 15) is 9.59 Å². The maximum atomic E-state index is 11.9. The highest BCUT2D eigenvalue weighted by atomic mass is 35.5. The van der Waals surface area contributed by atoms with E-state index in [0.717, 1.165) is 0 Å². The van der Waals surface area contributed by atoms with Crippen LogP contribution in [0.1, 0.15) is 20.7 Å². The van der Waals surface area contributed by atoms with Crippen molar-refractivity contribution in [1.29, 1.82) is 0 Å². The van der Waals surface area contributed by atoms with Gasteiger partial charge in [-0.25, -0.2) is 4.98 Å². The molecule has 2 amide bonds. The molecule has 5 nitrogen and oxygen atoms in total. The van der Waals surface area contributed by atoms with Crippen molar-refractivity contribution in [3.63, 3.8) is 0 Å². The summed E-state index contributed by atoms with van der Waals surface area (Å²) < 4.78 is 0. The number of carbonyl (C=O) groups is 2. The van der Waals surface area contributed by atoms with Crippen molar-refractivity contribution < 1.29 is 9.59 Å². The van der Waals surface area contributed by atoms with Gasteiger partial charge in [-0.2, -0.15) is 0 Å². The van der Waals surface area contributed by atoms with Crippen molar-refractivity contribution in [2.75, 3.05) is 13.1 Å². The predicted molar refractivity (Wildman–Crippen MR) is 85.4 cm³/mol. The Hall–Kier alpha value is -2.11. The maximum Gasteiger partial charge on any atom is 0.254 e. The molecular weight excluding hydrogens is 325 g/mol. The number of hydrogen-bond donors (Lipinski definition) is 2. The quantitative estimate of drug-likeness (QED) is 0.650. The molecule has 0 aliphatic rings. The van der Waals surface area contributed by atoms with Gasteiger partial charge in [0.25, 0.3) is 11.8 Å². The Morgan fingerprint density at radius 2 is 1.59 bits per heavy atom. The van der Waals surface area contributed by atoms with Crippen LogP contribution in [0.5, 0.6) is 0 Å². The van der Waals surface area contributed by atoms with Gasteiger partial charge in [0.15, 0.2) is 0 Å². The van der Waals surface area contributed by atoms with E-state index in [-0.39, 0.29) is 23.5 Å². The van der Waals surface area contributed by atoms with Crippen LogP contribution in [0.4, 0.5) is 0 Å². The molecule has 0 spiro atoms. The summed E-state index contributed by atoms with van der Waals surface area (Å²) in [5.41, 5.74) is 0.805. The van der Waals surface area contributed by atoms with E-state index < -0.39 is 0 Å². The molecule has 0 radical (unpaired) electrons. The summed E-state index contributed by atoms with van der Waals surface area (Å²) in [4.78, 5) is 27.5. The number of rotatable bonds is 5. The highest BCUT2D eigenvalue weighted by Gasteiger charge is 2.10. The van der Waals surface area contributed by atoms with Gasteiger partial charge in [0.05, 0.1) is 5.56 Å². The Morgan fingerprint density at radius 3 is 2.23 bits per heavy atom. The van der Waals surface area contributed by atoms with Crippen LogP contribution in [0.2, 0.25) is 10.2 Å². The highest BCUT2D eigenvalue weighted by Crippen LogP contribution is 2.11. The van der Waals surface area contributed by atoms with Crippen LogP contribution in [-0.4, -0.2) is 29.9 Å². The molecule has 0 fully saturated rings. The third kappa shape index (κ3) is 4.44. The fraction of sp³-hybridized carbons (Fsp3) is 0.133. The molecule has 0 aliphatic heterocycles. The monoisotopic (exact) mass is 337 g/mol. The van der Waals surface area contributed by atoms with Crippen LogP contribution in [-0.2, 0) is 0 Å². The van der Waals surface area contributed by atoms with E-state index in [4.69, 9.17) is 23.2 Å². The lowest BCUT2D eigenvalue weighted by Gasteiger charge is -2.08. The Balaban J connectivity index is 1.77. The van der Waals surface area contributed by atoms with Crippen molar-refractivity contribution in [2.45, 2.75) is 0 Å². The number of hydrogen-bond acceptors (Lipinski definition) is 3. The summed E-state index contributed by atoms with van der Waals surface area (Å²) in [6, 6.07) is 9.75. The summed E-state index contributed by atoms with van der Waals surface area (Å²) >= 11 is 11.6. The smallest absolute Gasteiger partial charge is 0.254 e. The SMILES string of the molecule is O=C(NCCNC(=O)c1cccnc1Cl)c1ccc(Cl)cc1. The van der Waals surface area contributed by atoms with Crippen molar-refractivity contribution in [3.05, 3.63) is 63.9 Å². The molecule has 0 unspecified atom stereocenters. The number of nitrogens with zero attached hydrogens (tertiary/aromatic N) is 1. The zero-order valence-electron chi connectivity index (χ0n) is 11.5. The van der Waals surface area contributed by atoms with Crippen molar-refractivity contribution >= 4 is 35.0 Å². The predicted octanol–water partition coefficient (Wildman–Crippen LogP) is 2.55. The molecule has 114 valence electrons. The Kier molecular flexibility index (Phi) is 5.75. The largest absolute Gasteiger partial charge is 0.350 e. The van der Waals surface area contributed by atoms with Gasteiger partial charge in [0.1, 0.15) is 5.15 Å². The molecule has 0 saturated carbocycles. The van der Waals surface area contributed by atoms with Crippen molar-refractivity contribution in [2.24, 2.45) is 0 Å². The third-order valence-electron chi connectivity index (χ3n) is 2.81. The molecule has 22 heavy (non-hydrogen) atoms. The highest BCUT2D eigenvalue weighted by molar-refractivity contribution is 6.32. The minimum Gasteiger partial charge on any atom is -0.350 e. The number of halogens is 2. The van der Waals surface area contributed by atoms with E-state index >= 15 is 0 Å². The first-order valence-corrected chi connectivity index (χ1v) is 7.26. The van der Waals surface area contributed by atoms with Crippen LogP contribution < -0.4 is 10.6 Å². The molecule has 1 aromatic carbocycles. The lowest BCUT2D eigenvalue weighted by atomic mass is 10.2. The van der Waals surface area contributed by atoms with E-state index in [1.165, 1.54) is 6.20 Å². The molecule has 0 saturated heterocycles. The minimum absolute atomic E-state index is 0.144. The maximum absolute atomic E-state index is 11.9. The number of pyridine rings is 1. The molecule has 2 aromatic rings. The van der Waals surface area contributed by atoms with Gasteiger partial charge >= 0.3 is 0 Å². The second-order valence-electron chi connectivity index (χ2n) is 4.36. The second-order valence-corrected chi connectivity index (χ2v) is 5.15. The van der Waals surface area contributed by atoms with Crippen LogP contribution in [0.15, 0.2) is 42.6 Å². The normalized spacial score (nSPS) is 10.1. The molecule has 1 aromatic heterocycles. The Bertz CT molecular complexity index is 675. The average molecular weight is 338 g/mol. The molecule has 1 heterocycles. The number of nitrogens with one attached hydrogen (secondary N) is 2. The lowest BCUT2D eigenvalue weighted by molar-refractivity contribution is 0.0927. The van der Waals surface area contributed by atoms with Crippen molar-refractivity contribution in [1.82, 2.24) is 15.6 Å². The zero-order chi connectivity index (χ0) is 15.9. The fourth-order valence-electron chi connectivity index (χ4n) is 1.71. The number of carbonyl (C=O) groups excluding carboxylic acids is 2. The molecule has 0 bridgehead atoms. The van der Waals surface area contributed by atoms with Crippen LogP contribution in [0, 0.1) is 0 Å². The number of aromatic nitrogens is 1. The minimum atomic E-state index is -0.334. The molecule has 2 N–H and O–H groups in total.